The zero-order valence-electron chi connectivity index (χ0n) is 8.77. The molecule has 1 radical (unpaired) electrons. The Morgan fingerprint density at radius 3 is 1.65 bits per heavy atom. The van der Waals surface area contributed by atoms with Crippen molar-refractivity contribution in [2.24, 2.45) is 0 Å². The summed E-state index contributed by atoms with van der Waals surface area (Å²) in [6.07, 6.45) is 0. The van der Waals surface area contributed by atoms with Crippen LogP contribution in [0.4, 0.5) is 8.78 Å². The Kier molecular flexibility index (Phi) is 3.60. The van der Waals surface area contributed by atoms with E-state index in [1.807, 2.05) is 0 Å². The van der Waals surface area contributed by atoms with Gasteiger partial charge in [-0.15, -0.1) is 0 Å². The Balaban J connectivity index is 1.87. The maximum atomic E-state index is 12.8. The Labute approximate surface area is 98.1 Å². The van der Waals surface area contributed by atoms with Crippen molar-refractivity contribution in [3.8, 4) is 11.5 Å². The first-order chi connectivity index (χ1) is 8.24. The summed E-state index contributed by atoms with van der Waals surface area (Å²) in [6.45, 7) is 0. The van der Waals surface area contributed by atoms with Gasteiger partial charge in [-0.1, -0.05) is 12.1 Å². The molecule has 0 fully saturated rings. The summed E-state index contributed by atoms with van der Waals surface area (Å²) >= 11 is 0. The molecule has 0 atom stereocenters. The number of hydrogen-bond acceptors (Lipinski definition) is 2. The van der Waals surface area contributed by atoms with Crippen molar-refractivity contribution in [1.29, 1.82) is 0 Å². The molecule has 0 spiro atoms. The molecule has 17 heavy (non-hydrogen) atoms. The zero-order chi connectivity index (χ0) is 12.1. The first kappa shape index (κ1) is 11.5. The fourth-order valence-electron chi connectivity index (χ4n) is 1.22. The third-order valence-corrected chi connectivity index (χ3v) is 1.96. The van der Waals surface area contributed by atoms with E-state index in [9.17, 15) is 8.78 Å². The molecule has 0 unspecified atom stereocenters. The summed E-state index contributed by atoms with van der Waals surface area (Å²) in [5, 5.41) is 0. The van der Waals surface area contributed by atoms with Crippen LogP contribution in [0.2, 0.25) is 0 Å². The lowest BCUT2D eigenvalue weighted by atomic mass is 10.3. The van der Waals surface area contributed by atoms with Crippen LogP contribution < -0.4 is 9.31 Å². The molecule has 2 aromatic rings. The normalized spacial score (nSPS) is 9.76. The van der Waals surface area contributed by atoms with Gasteiger partial charge >= 0.3 is 7.69 Å². The van der Waals surface area contributed by atoms with E-state index < -0.39 is 11.6 Å². The second kappa shape index (κ2) is 5.34. The highest BCUT2D eigenvalue weighted by atomic mass is 19.1. The maximum absolute atomic E-state index is 12.8. The minimum atomic E-state index is -0.401. The van der Waals surface area contributed by atoms with Gasteiger partial charge in [-0.05, 0) is 24.3 Å². The topological polar surface area (TPSA) is 18.5 Å². The second-order valence-corrected chi connectivity index (χ2v) is 3.25. The van der Waals surface area contributed by atoms with Gasteiger partial charge in [0.15, 0.2) is 0 Å². The van der Waals surface area contributed by atoms with Crippen molar-refractivity contribution >= 4 is 7.69 Å². The molecule has 0 aromatic heterocycles. The van der Waals surface area contributed by atoms with Crippen LogP contribution in [0, 0.1) is 11.6 Å². The van der Waals surface area contributed by atoms with Crippen molar-refractivity contribution in [3.63, 3.8) is 0 Å². The van der Waals surface area contributed by atoms with Gasteiger partial charge in [0.2, 0.25) is 0 Å². The first-order valence-electron chi connectivity index (χ1n) is 4.90. The Morgan fingerprint density at radius 1 is 0.765 bits per heavy atom. The molecule has 0 saturated carbocycles. The van der Waals surface area contributed by atoms with Crippen LogP contribution in [0.5, 0.6) is 11.5 Å². The third kappa shape index (κ3) is 3.48. The van der Waals surface area contributed by atoms with Crippen LogP contribution in [0.15, 0.2) is 48.5 Å². The van der Waals surface area contributed by atoms with Crippen LogP contribution in [0.1, 0.15) is 0 Å². The lowest BCUT2D eigenvalue weighted by molar-refractivity contribution is 0.454. The van der Waals surface area contributed by atoms with Gasteiger partial charge in [-0.25, -0.2) is 8.78 Å². The molecule has 2 nitrogen and oxygen atoms in total. The summed E-state index contributed by atoms with van der Waals surface area (Å²) in [4.78, 5) is 0. The molecular formula is C12H8BF2O2. The van der Waals surface area contributed by atoms with E-state index in [1.165, 1.54) is 36.4 Å². The average Bonchev–Trinajstić information content (AvgIpc) is 2.29. The summed E-state index contributed by atoms with van der Waals surface area (Å²) in [7, 11) is 1.02. The van der Waals surface area contributed by atoms with Crippen LogP contribution in [-0.2, 0) is 0 Å². The highest BCUT2D eigenvalue weighted by molar-refractivity contribution is 6.20. The lowest BCUT2D eigenvalue weighted by Crippen LogP contribution is -2.10. The number of rotatable bonds is 4. The van der Waals surface area contributed by atoms with Crippen LogP contribution in [-0.4, -0.2) is 7.69 Å². The standard InChI is InChI=1S/C12H8BF2O2/c14-9-3-1-5-11(7-9)16-13-17-12-6-2-4-10(15)8-12/h1-8H. The average molecular weight is 233 g/mol. The Hall–Kier alpha value is -2.04. The smallest absolute Gasteiger partial charge is 0.526 e. The monoisotopic (exact) mass is 233 g/mol. The van der Waals surface area contributed by atoms with E-state index in [0.29, 0.717) is 11.5 Å². The van der Waals surface area contributed by atoms with E-state index in [1.54, 1.807) is 12.1 Å². The van der Waals surface area contributed by atoms with E-state index in [0.717, 1.165) is 7.69 Å². The molecule has 0 aliphatic rings. The minimum Gasteiger partial charge on any atom is -0.526 e. The summed E-state index contributed by atoms with van der Waals surface area (Å²) in [6, 6.07) is 11.2. The van der Waals surface area contributed by atoms with Crippen molar-refractivity contribution in [2.45, 2.75) is 0 Å². The first-order valence-corrected chi connectivity index (χ1v) is 4.90. The van der Waals surface area contributed by atoms with E-state index in [-0.39, 0.29) is 0 Å². The molecule has 0 saturated heterocycles. The van der Waals surface area contributed by atoms with E-state index >= 15 is 0 Å². The molecule has 0 N–H and O–H groups in total. The summed E-state index contributed by atoms with van der Waals surface area (Å²) in [5.74, 6) is -0.189. The Bertz CT molecular complexity index is 460. The Morgan fingerprint density at radius 2 is 1.24 bits per heavy atom. The predicted molar refractivity (Wildman–Crippen MR) is 59.8 cm³/mol. The fraction of sp³-hybridized carbons (Fsp3) is 0. The van der Waals surface area contributed by atoms with Crippen molar-refractivity contribution in [2.75, 3.05) is 0 Å². The van der Waals surface area contributed by atoms with Crippen molar-refractivity contribution < 1.29 is 18.1 Å². The van der Waals surface area contributed by atoms with Gasteiger partial charge in [-0.3, -0.25) is 0 Å². The van der Waals surface area contributed by atoms with Gasteiger partial charge in [-0.2, -0.15) is 0 Å². The zero-order valence-corrected chi connectivity index (χ0v) is 8.77. The number of halogens is 2. The SMILES string of the molecule is Fc1cccc(O[B]Oc2cccc(F)c2)c1. The van der Waals surface area contributed by atoms with Crippen LogP contribution >= 0.6 is 0 Å². The van der Waals surface area contributed by atoms with E-state index in [4.69, 9.17) is 9.31 Å². The maximum Gasteiger partial charge on any atom is 0.658 e. The molecule has 2 aromatic carbocycles. The summed E-state index contributed by atoms with van der Waals surface area (Å²) in [5.41, 5.74) is 0. The number of benzene rings is 2. The highest BCUT2D eigenvalue weighted by Gasteiger charge is 2.03. The van der Waals surface area contributed by atoms with Gasteiger partial charge in [0.05, 0.1) is 0 Å². The highest BCUT2D eigenvalue weighted by Crippen LogP contribution is 2.14. The molecule has 0 amide bonds. The minimum absolute atomic E-state index is 0.307. The molecule has 2 rings (SSSR count). The largest absolute Gasteiger partial charge is 0.658 e. The van der Waals surface area contributed by atoms with Gasteiger partial charge in [0.1, 0.15) is 23.1 Å². The van der Waals surface area contributed by atoms with E-state index in [2.05, 4.69) is 0 Å². The van der Waals surface area contributed by atoms with Gasteiger partial charge in [0.25, 0.3) is 0 Å². The van der Waals surface area contributed by atoms with Crippen LogP contribution in [0.3, 0.4) is 0 Å². The van der Waals surface area contributed by atoms with Crippen molar-refractivity contribution in [1.82, 2.24) is 0 Å². The van der Waals surface area contributed by atoms with Crippen molar-refractivity contribution in [3.05, 3.63) is 60.2 Å². The molecule has 0 aliphatic heterocycles. The number of hydrogen-bond donors (Lipinski definition) is 0. The molecule has 0 aliphatic carbocycles. The molecule has 0 heterocycles. The summed E-state index contributed by atoms with van der Waals surface area (Å²) < 4.78 is 35.6. The van der Waals surface area contributed by atoms with Gasteiger partial charge in [0, 0.05) is 12.1 Å². The quantitative estimate of drug-likeness (QED) is 0.755. The van der Waals surface area contributed by atoms with Crippen LogP contribution in [0.25, 0.3) is 0 Å². The second-order valence-electron chi connectivity index (χ2n) is 3.25. The fourth-order valence-corrected chi connectivity index (χ4v) is 1.22. The molecule has 85 valence electrons. The van der Waals surface area contributed by atoms with Gasteiger partial charge < -0.3 is 9.31 Å². The third-order valence-electron chi connectivity index (χ3n) is 1.96. The lowest BCUT2D eigenvalue weighted by Gasteiger charge is -2.06. The molecule has 5 heteroatoms. The predicted octanol–water partition coefficient (Wildman–Crippen LogP) is 2.96. The molecule has 0 bridgehead atoms. The molecular weight excluding hydrogens is 225 g/mol.